The maximum absolute atomic E-state index is 5.01. The molecule has 0 aliphatic heterocycles. The lowest BCUT2D eigenvalue weighted by atomic mass is 10.5. The van der Waals surface area contributed by atoms with Gasteiger partial charge in [0.1, 0.15) is 0 Å². The molecule has 0 aliphatic carbocycles. The molecule has 0 saturated carbocycles. The smallest absolute Gasteiger partial charge is 0.0407 e. The van der Waals surface area contributed by atoms with Crippen molar-refractivity contribution in [1.82, 2.24) is 5.32 Å². The highest BCUT2D eigenvalue weighted by Gasteiger charge is 1.79. The van der Waals surface area contributed by atoms with Gasteiger partial charge in [0, 0.05) is 7.05 Å². The van der Waals surface area contributed by atoms with Crippen LogP contribution < -0.4 is 5.32 Å². The van der Waals surface area contributed by atoms with Crippen LogP contribution in [0.2, 0.25) is 0 Å². The topological polar surface area (TPSA) is 12.0 Å². The number of hydrogen-bond acceptors (Lipinski definition) is 2. The van der Waals surface area contributed by atoms with Crippen LogP contribution in [0.3, 0.4) is 0 Å². The van der Waals surface area contributed by atoms with E-state index in [4.69, 9.17) is 7.05 Å². The quantitative estimate of drug-likeness (QED) is 0.435. The Morgan fingerprint density at radius 2 is 2.43 bits per heavy atom. The van der Waals surface area contributed by atoms with Crippen LogP contribution in [-0.4, -0.2) is 18.6 Å². The Balaban J connectivity index is 2.45. The molecule has 0 unspecified atom stereocenters. The van der Waals surface area contributed by atoms with Crippen LogP contribution >= 0.6 is 11.8 Å². The third-order valence-corrected chi connectivity index (χ3v) is 1.37. The molecule has 0 bridgehead atoms. The molecule has 2 radical (unpaired) electrons. The Labute approximate surface area is 49.9 Å². The monoisotopic (exact) mass is 117 g/mol. The van der Waals surface area contributed by atoms with Crippen LogP contribution in [0.5, 0.6) is 0 Å². The van der Waals surface area contributed by atoms with Gasteiger partial charge in [-0.05, 0) is 25.0 Å². The van der Waals surface area contributed by atoms with Crippen LogP contribution in [0, 0.1) is 7.05 Å². The maximum atomic E-state index is 5.01. The van der Waals surface area contributed by atoms with E-state index in [2.05, 4.69) is 11.6 Å². The molecule has 0 heterocycles. The van der Waals surface area contributed by atoms with Crippen LogP contribution in [0.4, 0.5) is 0 Å². The number of rotatable bonds is 4. The van der Waals surface area contributed by atoms with Gasteiger partial charge in [0.2, 0.25) is 0 Å². The van der Waals surface area contributed by atoms with Gasteiger partial charge >= 0.3 is 0 Å². The van der Waals surface area contributed by atoms with Gasteiger partial charge in [-0.15, -0.1) is 0 Å². The summed E-state index contributed by atoms with van der Waals surface area (Å²) in [6, 6.07) is 0. The Hall–Kier alpha value is 0.310. The van der Waals surface area contributed by atoms with Crippen molar-refractivity contribution in [1.29, 1.82) is 0 Å². The molecule has 1 nitrogen and oxygen atoms in total. The van der Waals surface area contributed by atoms with Crippen molar-refractivity contribution in [3.05, 3.63) is 7.05 Å². The average molecular weight is 117 g/mol. The molecule has 42 valence electrons. The van der Waals surface area contributed by atoms with E-state index < -0.39 is 0 Å². The second-order valence-electron chi connectivity index (χ2n) is 1.30. The van der Waals surface area contributed by atoms with Gasteiger partial charge in [-0.1, -0.05) is 0 Å². The molecular weight excluding hydrogens is 106 g/mol. The van der Waals surface area contributed by atoms with Crippen LogP contribution in [0.1, 0.15) is 6.42 Å². The minimum Gasteiger partial charge on any atom is -0.311 e. The lowest BCUT2D eigenvalue weighted by Gasteiger charge is -1.92. The summed E-state index contributed by atoms with van der Waals surface area (Å²) in [5.74, 6) is 1.20. The number of thioether (sulfide) groups is 1. The molecule has 0 spiro atoms. The summed E-state index contributed by atoms with van der Waals surface area (Å²) in [5, 5.41) is 2.59. The molecule has 0 saturated heterocycles. The largest absolute Gasteiger partial charge is 0.311 e. The van der Waals surface area contributed by atoms with Gasteiger partial charge in [-0.25, -0.2) is 0 Å². The van der Waals surface area contributed by atoms with Gasteiger partial charge in [0.25, 0.3) is 0 Å². The van der Waals surface area contributed by atoms with E-state index in [1.165, 1.54) is 5.75 Å². The molecule has 2 heteroatoms. The van der Waals surface area contributed by atoms with Gasteiger partial charge in [-0.3, -0.25) is 0 Å². The van der Waals surface area contributed by atoms with Gasteiger partial charge in [0.05, 0.1) is 0 Å². The molecule has 0 atom stereocenters. The molecular formula is C5H11NS. The zero-order valence-corrected chi connectivity index (χ0v) is 5.42. The van der Waals surface area contributed by atoms with Crippen molar-refractivity contribution < 1.29 is 0 Å². The predicted molar refractivity (Wildman–Crippen MR) is 35.3 cm³/mol. The lowest BCUT2D eigenvalue weighted by molar-refractivity contribution is 0.814. The molecule has 0 aliphatic rings. The second-order valence-corrected chi connectivity index (χ2v) is 2.29. The molecule has 0 amide bonds. The van der Waals surface area contributed by atoms with Crippen molar-refractivity contribution in [2.24, 2.45) is 0 Å². The van der Waals surface area contributed by atoms with Crippen LogP contribution in [0.25, 0.3) is 0 Å². The molecule has 7 heavy (non-hydrogen) atoms. The van der Waals surface area contributed by atoms with Crippen molar-refractivity contribution in [2.45, 2.75) is 6.42 Å². The fourth-order valence-corrected chi connectivity index (χ4v) is 0.752. The summed E-state index contributed by atoms with van der Waals surface area (Å²) in [6.07, 6.45) is 3.26. The molecule has 0 fully saturated rings. The van der Waals surface area contributed by atoms with E-state index >= 15 is 0 Å². The highest BCUT2D eigenvalue weighted by molar-refractivity contribution is 7.98. The zero-order valence-electron chi connectivity index (χ0n) is 4.61. The molecule has 0 aromatic carbocycles. The Bertz CT molecular complexity index is 27.3. The van der Waals surface area contributed by atoms with Gasteiger partial charge in [0.15, 0.2) is 0 Å². The second kappa shape index (κ2) is 6.31. The molecule has 0 rings (SSSR count). The van der Waals surface area contributed by atoms with Crippen molar-refractivity contribution >= 4 is 11.8 Å². The fourth-order valence-electron chi connectivity index (χ4n) is 0.319. The predicted octanol–water partition coefficient (Wildman–Crippen LogP) is 0.998. The first-order valence-corrected chi connectivity index (χ1v) is 3.73. The van der Waals surface area contributed by atoms with E-state index in [0.29, 0.717) is 0 Å². The summed E-state index contributed by atoms with van der Waals surface area (Å²) < 4.78 is 0. The number of nitrogens with one attached hydrogen (secondary N) is 1. The van der Waals surface area contributed by atoms with E-state index in [0.717, 1.165) is 13.0 Å². The third-order valence-electron chi connectivity index (χ3n) is 0.670. The van der Waals surface area contributed by atoms with E-state index in [1.807, 2.05) is 11.8 Å². The molecule has 0 aromatic rings. The SMILES string of the molecule is [CH]NCCCSC. The summed E-state index contributed by atoms with van der Waals surface area (Å²) in [7, 11) is 5.01. The number of hydrogen-bond donors (Lipinski definition) is 1. The van der Waals surface area contributed by atoms with Crippen molar-refractivity contribution in [3.8, 4) is 0 Å². The Kier molecular flexibility index (Phi) is 6.59. The normalized spacial score (nSPS) is 9.43. The summed E-state index contributed by atoms with van der Waals surface area (Å²) in [4.78, 5) is 0. The first kappa shape index (κ1) is 7.31. The Morgan fingerprint density at radius 3 is 2.86 bits per heavy atom. The Morgan fingerprint density at radius 1 is 1.71 bits per heavy atom. The summed E-state index contributed by atoms with van der Waals surface area (Å²) in [6.45, 7) is 0.931. The summed E-state index contributed by atoms with van der Waals surface area (Å²) >= 11 is 1.85. The van der Waals surface area contributed by atoms with E-state index in [-0.39, 0.29) is 0 Å². The lowest BCUT2D eigenvalue weighted by Crippen LogP contribution is -2.04. The van der Waals surface area contributed by atoms with Crippen LogP contribution in [-0.2, 0) is 0 Å². The first-order valence-electron chi connectivity index (χ1n) is 2.34. The minimum absolute atomic E-state index is 0.931. The molecule has 1 N–H and O–H groups in total. The van der Waals surface area contributed by atoms with Gasteiger partial charge < -0.3 is 5.32 Å². The zero-order chi connectivity index (χ0) is 5.54. The first-order chi connectivity index (χ1) is 3.41. The van der Waals surface area contributed by atoms with Crippen molar-refractivity contribution in [2.75, 3.05) is 18.6 Å². The summed E-state index contributed by atoms with van der Waals surface area (Å²) in [5.41, 5.74) is 0. The fraction of sp³-hybridized carbons (Fsp3) is 0.800. The van der Waals surface area contributed by atoms with Crippen LogP contribution in [0.15, 0.2) is 0 Å². The van der Waals surface area contributed by atoms with E-state index in [1.54, 1.807) is 0 Å². The molecule has 0 aromatic heterocycles. The standard InChI is InChI=1S/C5H11NS/c1-6-4-3-5-7-2/h1,6H,3-5H2,2H3. The van der Waals surface area contributed by atoms with Crippen molar-refractivity contribution in [3.63, 3.8) is 0 Å². The highest BCUT2D eigenvalue weighted by Crippen LogP contribution is 1.92. The van der Waals surface area contributed by atoms with Gasteiger partial charge in [-0.2, -0.15) is 11.8 Å². The third kappa shape index (κ3) is 6.31. The maximum Gasteiger partial charge on any atom is 0.0407 e. The highest BCUT2D eigenvalue weighted by atomic mass is 32.2. The average Bonchev–Trinajstić information content (AvgIpc) is 1.69. The minimum atomic E-state index is 0.931. The van der Waals surface area contributed by atoms with E-state index in [9.17, 15) is 0 Å².